The summed E-state index contributed by atoms with van der Waals surface area (Å²) in [7, 11) is 0. The third kappa shape index (κ3) is 1.95. The maximum atomic E-state index is 12.2. The van der Waals surface area contributed by atoms with Crippen LogP contribution in [0.1, 0.15) is 16.1 Å². The summed E-state index contributed by atoms with van der Waals surface area (Å²) in [4.78, 5) is 16.1. The van der Waals surface area contributed by atoms with Crippen molar-refractivity contribution >= 4 is 32.7 Å². The standard InChI is InChI=1S/C14H8BrNO2/c15-11-3-4-12-10(6-11)7-13(18-12)14(17)9-2-1-5-16-8-9/h1-8H. The Hall–Kier alpha value is -1.94. The second-order valence-corrected chi connectivity index (χ2v) is 4.78. The van der Waals surface area contributed by atoms with Gasteiger partial charge in [-0.15, -0.1) is 0 Å². The maximum Gasteiger partial charge on any atom is 0.229 e. The molecule has 2 aromatic heterocycles. The van der Waals surface area contributed by atoms with Gasteiger partial charge in [0, 0.05) is 27.8 Å². The molecule has 0 amide bonds. The van der Waals surface area contributed by atoms with E-state index in [4.69, 9.17) is 4.42 Å². The fourth-order valence-electron chi connectivity index (χ4n) is 1.77. The molecule has 0 saturated heterocycles. The fraction of sp³-hybridized carbons (Fsp3) is 0. The predicted octanol–water partition coefficient (Wildman–Crippen LogP) is 3.82. The number of hydrogen-bond donors (Lipinski definition) is 0. The van der Waals surface area contributed by atoms with Crippen LogP contribution in [0, 0.1) is 0 Å². The van der Waals surface area contributed by atoms with Gasteiger partial charge >= 0.3 is 0 Å². The highest BCUT2D eigenvalue weighted by Gasteiger charge is 2.14. The lowest BCUT2D eigenvalue weighted by Gasteiger charge is -1.94. The summed E-state index contributed by atoms with van der Waals surface area (Å²) in [5.74, 6) is 0.173. The Morgan fingerprint density at radius 1 is 1.22 bits per heavy atom. The van der Waals surface area contributed by atoms with Crippen LogP contribution < -0.4 is 0 Å². The Labute approximate surface area is 112 Å². The molecule has 0 fully saturated rings. The van der Waals surface area contributed by atoms with E-state index < -0.39 is 0 Å². The van der Waals surface area contributed by atoms with Crippen LogP contribution >= 0.6 is 15.9 Å². The predicted molar refractivity (Wildman–Crippen MR) is 71.6 cm³/mol. The van der Waals surface area contributed by atoms with Crippen LogP contribution in [0.3, 0.4) is 0 Å². The van der Waals surface area contributed by atoms with Gasteiger partial charge in [-0.1, -0.05) is 15.9 Å². The molecule has 0 unspecified atom stereocenters. The van der Waals surface area contributed by atoms with Crippen LogP contribution in [0.5, 0.6) is 0 Å². The molecular weight excluding hydrogens is 294 g/mol. The number of benzene rings is 1. The molecule has 4 heteroatoms. The molecule has 3 rings (SSSR count). The number of ketones is 1. The topological polar surface area (TPSA) is 43.1 Å². The number of rotatable bonds is 2. The molecule has 18 heavy (non-hydrogen) atoms. The highest BCUT2D eigenvalue weighted by atomic mass is 79.9. The molecule has 0 radical (unpaired) electrons. The van der Waals surface area contributed by atoms with Gasteiger partial charge in [0.15, 0.2) is 5.76 Å². The molecule has 0 saturated carbocycles. The van der Waals surface area contributed by atoms with Gasteiger partial charge in [0.2, 0.25) is 5.78 Å². The number of fused-ring (bicyclic) bond motifs is 1. The first-order valence-corrected chi connectivity index (χ1v) is 6.17. The summed E-state index contributed by atoms with van der Waals surface area (Å²) in [6.45, 7) is 0. The zero-order valence-corrected chi connectivity index (χ0v) is 10.8. The number of carbonyl (C=O) groups is 1. The SMILES string of the molecule is O=C(c1cccnc1)c1cc2cc(Br)ccc2o1. The first-order chi connectivity index (χ1) is 8.74. The zero-order valence-electron chi connectivity index (χ0n) is 9.26. The number of pyridine rings is 1. The molecular formula is C14H8BrNO2. The minimum Gasteiger partial charge on any atom is -0.453 e. The van der Waals surface area contributed by atoms with Crippen molar-refractivity contribution in [3.05, 3.63) is 64.6 Å². The van der Waals surface area contributed by atoms with Gasteiger partial charge < -0.3 is 4.42 Å². The van der Waals surface area contributed by atoms with Crippen LogP contribution in [-0.2, 0) is 0 Å². The van der Waals surface area contributed by atoms with Crippen molar-refractivity contribution in [2.45, 2.75) is 0 Å². The van der Waals surface area contributed by atoms with E-state index in [-0.39, 0.29) is 5.78 Å². The summed E-state index contributed by atoms with van der Waals surface area (Å²) in [6.07, 6.45) is 3.16. The maximum absolute atomic E-state index is 12.2. The number of carbonyl (C=O) groups excluding carboxylic acids is 1. The normalized spacial score (nSPS) is 10.7. The molecule has 0 atom stereocenters. The molecule has 88 valence electrons. The molecule has 0 aliphatic heterocycles. The highest BCUT2D eigenvalue weighted by molar-refractivity contribution is 9.10. The largest absolute Gasteiger partial charge is 0.453 e. The highest BCUT2D eigenvalue weighted by Crippen LogP contribution is 2.24. The minimum absolute atomic E-state index is 0.157. The first kappa shape index (κ1) is 11.2. The Morgan fingerprint density at radius 3 is 2.89 bits per heavy atom. The Bertz CT molecular complexity index is 719. The van der Waals surface area contributed by atoms with Gasteiger partial charge in [-0.2, -0.15) is 0 Å². The quantitative estimate of drug-likeness (QED) is 0.676. The van der Waals surface area contributed by atoms with Crippen LogP contribution in [0.25, 0.3) is 11.0 Å². The van der Waals surface area contributed by atoms with Gasteiger partial charge in [0.1, 0.15) is 5.58 Å². The van der Waals surface area contributed by atoms with E-state index in [1.54, 1.807) is 24.4 Å². The molecule has 0 bridgehead atoms. The van der Waals surface area contributed by atoms with E-state index in [1.807, 2.05) is 18.2 Å². The van der Waals surface area contributed by atoms with Crippen molar-refractivity contribution in [1.29, 1.82) is 0 Å². The number of nitrogens with zero attached hydrogens (tertiary/aromatic N) is 1. The third-order valence-corrected chi connectivity index (χ3v) is 3.12. The van der Waals surface area contributed by atoms with Gasteiger partial charge in [-0.05, 0) is 36.4 Å². The van der Waals surface area contributed by atoms with Crippen LogP contribution in [0.4, 0.5) is 0 Å². The first-order valence-electron chi connectivity index (χ1n) is 5.38. The third-order valence-electron chi connectivity index (χ3n) is 2.63. The summed E-state index contributed by atoms with van der Waals surface area (Å²) in [5.41, 5.74) is 1.22. The lowest BCUT2D eigenvalue weighted by molar-refractivity contribution is 0.101. The van der Waals surface area contributed by atoms with Crippen molar-refractivity contribution in [2.75, 3.05) is 0 Å². The summed E-state index contributed by atoms with van der Waals surface area (Å²) >= 11 is 3.39. The van der Waals surface area contributed by atoms with E-state index in [9.17, 15) is 4.79 Å². The van der Waals surface area contributed by atoms with E-state index in [2.05, 4.69) is 20.9 Å². The average Bonchev–Trinajstić information content (AvgIpc) is 2.81. The van der Waals surface area contributed by atoms with E-state index in [0.29, 0.717) is 16.9 Å². The number of hydrogen-bond acceptors (Lipinski definition) is 3. The average molecular weight is 302 g/mol. The molecule has 1 aromatic carbocycles. The van der Waals surface area contributed by atoms with Crippen molar-refractivity contribution in [2.24, 2.45) is 0 Å². The fourth-order valence-corrected chi connectivity index (χ4v) is 2.14. The van der Waals surface area contributed by atoms with Crippen molar-refractivity contribution < 1.29 is 9.21 Å². The van der Waals surface area contributed by atoms with Crippen molar-refractivity contribution in [3.8, 4) is 0 Å². The van der Waals surface area contributed by atoms with E-state index in [1.165, 1.54) is 6.20 Å². The molecule has 0 N–H and O–H groups in total. The number of aromatic nitrogens is 1. The van der Waals surface area contributed by atoms with E-state index >= 15 is 0 Å². The zero-order chi connectivity index (χ0) is 12.5. The second kappa shape index (κ2) is 4.38. The molecule has 3 nitrogen and oxygen atoms in total. The Morgan fingerprint density at radius 2 is 2.11 bits per heavy atom. The molecule has 0 spiro atoms. The number of furan rings is 1. The second-order valence-electron chi connectivity index (χ2n) is 3.86. The summed E-state index contributed by atoms with van der Waals surface area (Å²) in [5, 5.41) is 0.900. The molecule has 0 aliphatic rings. The van der Waals surface area contributed by atoms with Gasteiger partial charge in [-0.25, -0.2) is 0 Å². The van der Waals surface area contributed by atoms with Crippen LogP contribution in [0.2, 0.25) is 0 Å². The Kier molecular flexibility index (Phi) is 2.72. The monoisotopic (exact) mass is 301 g/mol. The summed E-state index contributed by atoms with van der Waals surface area (Å²) in [6, 6.07) is 10.8. The smallest absolute Gasteiger partial charge is 0.229 e. The molecule has 0 aliphatic carbocycles. The van der Waals surface area contributed by atoms with Crippen molar-refractivity contribution in [1.82, 2.24) is 4.98 Å². The van der Waals surface area contributed by atoms with Gasteiger partial charge in [0.05, 0.1) is 0 Å². The lowest BCUT2D eigenvalue weighted by Crippen LogP contribution is -1.99. The molecule has 2 heterocycles. The lowest BCUT2D eigenvalue weighted by atomic mass is 10.1. The van der Waals surface area contributed by atoms with Crippen molar-refractivity contribution in [3.63, 3.8) is 0 Å². The van der Waals surface area contributed by atoms with E-state index in [0.717, 1.165) is 9.86 Å². The Balaban J connectivity index is 2.07. The summed E-state index contributed by atoms with van der Waals surface area (Å²) < 4.78 is 6.50. The molecule has 3 aromatic rings. The van der Waals surface area contributed by atoms with Crippen LogP contribution in [0.15, 0.2) is 57.7 Å². The number of halogens is 1. The minimum atomic E-state index is -0.157. The van der Waals surface area contributed by atoms with Crippen LogP contribution in [-0.4, -0.2) is 10.8 Å². The van der Waals surface area contributed by atoms with Gasteiger partial charge in [0.25, 0.3) is 0 Å². The van der Waals surface area contributed by atoms with Gasteiger partial charge in [-0.3, -0.25) is 9.78 Å².